The highest BCUT2D eigenvalue weighted by atomic mass is 19.1. The van der Waals surface area contributed by atoms with Gasteiger partial charge in [-0.15, -0.1) is 0 Å². The Morgan fingerprint density at radius 1 is 1.46 bits per heavy atom. The average Bonchev–Trinajstić information content (AvgIpc) is 3.08. The topological polar surface area (TPSA) is 71.7 Å². The zero-order chi connectivity index (χ0) is 17.1. The number of aliphatic hydroxyl groups is 1. The molecule has 1 aliphatic rings. The molecule has 0 spiro atoms. The number of halogens is 1. The molecule has 5 nitrogen and oxygen atoms in total. The first-order valence-electron chi connectivity index (χ1n) is 7.96. The van der Waals surface area contributed by atoms with Crippen LogP contribution < -0.4 is 10.1 Å². The average molecular weight is 333 g/mol. The molecular formula is C18H20FNO4. The molecule has 1 aromatic heterocycles. The third-order valence-corrected chi connectivity index (χ3v) is 4.14. The largest absolute Gasteiger partial charge is 0.492 e. The zero-order valence-corrected chi connectivity index (χ0v) is 13.4. The van der Waals surface area contributed by atoms with Gasteiger partial charge in [-0.1, -0.05) is 0 Å². The summed E-state index contributed by atoms with van der Waals surface area (Å²) in [7, 11) is 0. The van der Waals surface area contributed by atoms with Crippen LogP contribution >= 0.6 is 0 Å². The summed E-state index contributed by atoms with van der Waals surface area (Å²) < 4.78 is 24.0. The van der Waals surface area contributed by atoms with Crippen LogP contribution in [0.2, 0.25) is 0 Å². The lowest BCUT2D eigenvalue weighted by Crippen LogP contribution is -2.42. The Morgan fingerprint density at radius 2 is 2.29 bits per heavy atom. The number of hydrogen-bond donors (Lipinski definition) is 2. The van der Waals surface area contributed by atoms with Crippen LogP contribution in [0.1, 0.15) is 30.8 Å². The van der Waals surface area contributed by atoms with Gasteiger partial charge in [0.15, 0.2) is 0 Å². The number of carbonyl (C=O) groups is 1. The van der Waals surface area contributed by atoms with Gasteiger partial charge in [-0.3, -0.25) is 4.79 Å². The molecule has 3 rings (SSSR count). The van der Waals surface area contributed by atoms with Crippen LogP contribution in [-0.4, -0.2) is 23.7 Å². The van der Waals surface area contributed by atoms with Gasteiger partial charge in [-0.25, -0.2) is 4.39 Å². The summed E-state index contributed by atoms with van der Waals surface area (Å²) in [5.74, 6) is 0.225. The van der Waals surface area contributed by atoms with E-state index in [9.17, 15) is 14.3 Å². The van der Waals surface area contributed by atoms with Crippen LogP contribution in [0.15, 0.2) is 41.0 Å². The van der Waals surface area contributed by atoms with Crippen molar-refractivity contribution < 1.29 is 23.4 Å². The van der Waals surface area contributed by atoms with Gasteiger partial charge in [0.1, 0.15) is 30.0 Å². The van der Waals surface area contributed by atoms with Crippen LogP contribution in [0, 0.1) is 11.7 Å². The lowest BCUT2D eigenvalue weighted by atomic mass is 9.95. The summed E-state index contributed by atoms with van der Waals surface area (Å²) >= 11 is 0. The van der Waals surface area contributed by atoms with E-state index in [0.29, 0.717) is 29.9 Å². The fourth-order valence-electron chi connectivity index (χ4n) is 2.88. The molecule has 0 radical (unpaired) electrons. The van der Waals surface area contributed by atoms with Gasteiger partial charge < -0.3 is 19.6 Å². The van der Waals surface area contributed by atoms with Crippen molar-refractivity contribution in [1.82, 2.24) is 5.32 Å². The number of nitrogens with one attached hydrogen (secondary N) is 1. The highest BCUT2D eigenvalue weighted by molar-refractivity contribution is 5.79. The summed E-state index contributed by atoms with van der Waals surface area (Å²) in [4.78, 5) is 12.4. The summed E-state index contributed by atoms with van der Waals surface area (Å²) in [6, 6.07) is 7.50. The van der Waals surface area contributed by atoms with Crippen LogP contribution in [0.25, 0.3) is 0 Å². The van der Waals surface area contributed by atoms with Crippen molar-refractivity contribution >= 4 is 5.91 Å². The fraction of sp³-hybridized carbons (Fsp3) is 0.389. The minimum Gasteiger partial charge on any atom is -0.492 e. The summed E-state index contributed by atoms with van der Waals surface area (Å²) in [5, 5.41) is 12.9. The molecule has 3 unspecified atom stereocenters. The highest BCUT2D eigenvalue weighted by Crippen LogP contribution is 2.28. The molecule has 24 heavy (non-hydrogen) atoms. The van der Waals surface area contributed by atoms with Crippen LogP contribution in [-0.2, 0) is 11.2 Å². The van der Waals surface area contributed by atoms with E-state index in [2.05, 4.69) is 5.32 Å². The van der Waals surface area contributed by atoms with Crippen LogP contribution in [0.4, 0.5) is 4.39 Å². The molecule has 1 aliphatic heterocycles. The van der Waals surface area contributed by atoms with E-state index in [0.717, 1.165) is 0 Å². The van der Waals surface area contributed by atoms with E-state index in [4.69, 9.17) is 9.15 Å². The van der Waals surface area contributed by atoms with Gasteiger partial charge in [-0.2, -0.15) is 0 Å². The van der Waals surface area contributed by atoms with Crippen molar-refractivity contribution in [3.05, 3.63) is 53.7 Å². The lowest BCUT2D eigenvalue weighted by Gasteiger charge is -2.26. The Kier molecular flexibility index (Phi) is 4.85. The molecule has 2 N–H and O–H groups in total. The second-order valence-corrected chi connectivity index (χ2v) is 6.14. The Hall–Kier alpha value is -2.34. The maximum Gasteiger partial charge on any atom is 0.227 e. The number of fused-ring (bicyclic) bond motifs is 1. The Balaban J connectivity index is 1.55. The Labute approximate surface area is 139 Å². The van der Waals surface area contributed by atoms with Crippen LogP contribution in [0.3, 0.4) is 0 Å². The maximum absolute atomic E-state index is 13.3. The Morgan fingerprint density at radius 3 is 3.04 bits per heavy atom. The van der Waals surface area contributed by atoms with Crippen molar-refractivity contribution in [3.8, 4) is 5.75 Å². The van der Waals surface area contributed by atoms with E-state index in [-0.39, 0.29) is 30.3 Å². The molecule has 0 bridgehead atoms. The van der Waals surface area contributed by atoms with Gasteiger partial charge in [0.05, 0.1) is 12.2 Å². The zero-order valence-electron chi connectivity index (χ0n) is 13.4. The number of rotatable bonds is 5. The predicted octanol–water partition coefficient (Wildman–Crippen LogP) is 2.60. The molecular weight excluding hydrogens is 313 g/mol. The number of hydrogen-bond acceptors (Lipinski definition) is 4. The third kappa shape index (κ3) is 3.76. The van der Waals surface area contributed by atoms with Crippen molar-refractivity contribution in [2.24, 2.45) is 5.92 Å². The van der Waals surface area contributed by atoms with Crippen molar-refractivity contribution in [1.29, 1.82) is 0 Å². The van der Waals surface area contributed by atoms with Crippen molar-refractivity contribution in [2.45, 2.75) is 31.9 Å². The number of furan rings is 1. The van der Waals surface area contributed by atoms with E-state index in [1.165, 1.54) is 18.4 Å². The van der Waals surface area contributed by atoms with Crippen LogP contribution in [0.5, 0.6) is 5.75 Å². The maximum atomic E-state index is 13.3. The fourth-order valence-corrected chi connectivity index (χ4v) is 2.88. The number of ether oxygens (including phenoxy) is 1. The monoisotopic (exact) mass is 333 g/mol. The number of aliphatic hydroxyl groups excluding tert-OH is 1. The number of benzene rings is 1. The highest BCUT2D eigenvalue weighted by Gasteiger charge is 2.27. The molecule has 0 saturated carbocycles. The molecule has 0 fully saturated rings. The number of carbonyl (C=O) groups excluding carboxylic acids is 1. The molecule has 2 aromatic rings. The Bertz CT molecular complexity index is 701. The first-order chi connectivity index (χ1) is 11.5. The van der Waals surface area contributed by atoms with Gasteiger partial charge in [0.25, 0.3) is 0 Å². The molecule has 0 saturated heterocycles. The SMILES string of the molecule is CC(CC(O)c1ccco1)NC(=O)C1COc2ccc(F)cc2C1. The minimum atomic E-state index is -0.771. The molecule has 2 heterocycles. The summed E-state index contributed by atoms with van der Waals surface area (Å²) in [6.45, 7) is 2.08. The quantitative estimate of drug-likeness (QED) is 0.882. The van der Waals surface area contributed by atoms with Crippen molar-refractivity contribution in [3.63, 3.8) is 0 Å². The van der Waals surface area contributed by atoms with Gasteiger partial charge in [0, 0.05) is 12.5 Å². The molecule has 1 aromatic carbocycles. The van der Waals surface area contributed by atoms with E-state index in [1.54, 1.807) is 18.2 Å². The minimum absolute atomic E-state index is 0.163. The van der Waals surface area contributed by atoms with E-state index in [1.807, 2.05) is 6.92 Å². The second kappa shape index (κ2) is 7.05. The molecule has 1 amide bonds. The van der Waals surface area contributed by atoms with E-state index >= 15 is 0 Å². The second-order valence-electron chi connectivity index (χ2n) is 6.14. The first kappa shape index (κ1) is 16.5. The summed E-state index contributed by atoms with van der Waals surface area (Å²) in [5.41, 5.74) is 0.699. The van der Waals surface area contributed by atoms with E-state index < -0.39 is 6.10 Å². The molecule has 128 valence electrons. The van der Waals surface area contributed by atoms with Gasteiger partial charge >= 0.3 is 0 Å². The first-order valence-corrected chi connectivity index (χ1v) is 7.96. The van der Waals surface area contributed by atoms with Crippen molar-refractivity contribution in [2.75, 3.05) is 6.61 Å². The van der Waals surface area contributed by atoms with Gasteiger partial charge in [-0.05, 0) is 49.2 Å². The summed E-state index contributed by atoms with van der Waals surface area (Å²) in [6.07, 6.45) is 1.51. The molecule has 6 heteroatoms. The smallest absolute Gasteiger partial charge is 0.227 e. The standard InChI is InChI=1S/C18H20FNO4/c1-11(7-15(21)17-3-2-6-23-17)20-18(22)13-8-12-9-14(19)4-5-16(12)24-10-13/h2-6,9,11,13,15,21H,7-8,10H2,1H3,(H,20,22). The normalized spacial score (nSPS) is 19.0. The molecule has 3 atom stereocenters. The van der Waals surface area contributed by atoms with Gasteiger partial charge in [0.2, 0.25) is 5.91 Å². The predicted molar refractivity (Wildman–Crippen MR) is 85.0 cm³/mol. The lowest BCUT2D eigenvalue weighted by molar-refractivity contribution is -0.127. The molecule has 0 aliphatic carbocycles. The third-order valence-electron chi connectivity index (χ3n) is 4.14. The number of amides is 1.